The number of nitrogens with two attached hydrogens (primary N) is 1. The van der Waals surface area contributed by atoms with Gasteiger partial charge in [-0.05, 0) is 42.5 Å². The number of para-hydroxylation sites is 1. The molecule has 34 heavy (non-hydrogen) atoms. The summed E-state index contributed by atoms with van der Waals surface area (Å²) in [5, 5.41) is 24.1. The highest BCUT2D eigenvalue weighted by molar-refractivity contribution is 5.96. The largest absolute Gasteiger partial charge is 0.482 e. The molecule has 11 nitrogen and oxygen atoms in total. The minimum absolute atomic E-state index is 0.129. The maximum Gasteiger partial charge on any atom is 0.339 e. The van der Waals surface area contributed by atoms with Gasteiger partial charge in [0.25, 0.3) is 0 Å². The molecule has 2 aromatic carbocycles. The molecule has 0 radical (unpaired) electrons. The SMILES string of the molecule is COC[C@]1(C)Oc2ccc(N)cc2[C@H](N(Cc2nnn(C)n2)c2ccccc2C(=O)OC)[C@H]1O. The van der Waals surface area contributed by atoms with Crippen molar-refractivity contribution in [2.75, 3.05) is 31.5 Å². The number of methoxy groups -OCH3 is 2. The Balaban J connectivity index is 1.93. The van der Waals surface area contributed by atoms with Crippen LogP contribution in [-0.2, 0) is 23.1 Å². The van der Waals surface area contributed by atoms with Crippen LogP contribution in [0.15, 0.2) is 42.5 Å². The second-order valence-corrected chi connectivity index (χ2v) is 8.37. The monoisotopic (exact) mass is 468 g/mol. The Morgan fingerprint density at radius 1 is 1.29 bits per heavy atom. The van der Waals surface area contributed by atoms with E-state index in [2.05, 4.69) is 15.4 Å². The molecule has 0 fully saturated rings. The summed E-state index contributed by atoms with van der Waals surface area (Å²) in [6.07, 6.45) is -1.08. The molecule has 1 aliphatic rings. The standard InChI is InChI=1S/C23H28N6O5/c1-23(13-32-3)21(30)20(16-11-14(24)9-10-18(16)34-23)29(12-19-25-27-28(2)26-19)17-8-6-5-7-15(17)22(31)33-4/h5-11,20-21,30H,12-13,24H2,1-4H3/t20-,21+,23-/m0/s1. The number of aromatic nitrogens is 4. The summed E-state index contributed by atoms with van der Waals surface area (Å²) < 4.78 is 16.6. The van der Waals surface area contributed by atoms with Crippen LogP contribution >= 0.6 is 0 Å². The number of nitrogens with zero attached hydrogens (tertiary/aromatic N) is 5. The maximum atomic E-state index is 12.7. The van der Waals surface area contributed by atoms with Crippen molar-refractivity contribution in [3.63, 3.8) is 0 Å². The Kier molecular flexibility index (Phi) is 6.40. The van der Waals surface area contributed by atoms with Crippen LogP contribution in [0.3, 0.4) is 0 Å². The van der Waals surface area contributed by atoms with Crippen molar-refractivity contribution >= 4 is 17.3 Å². The fraction of sp³-hybridized carbons (Fsp3) is 0.391. The number of fused-ring (bicyclic) bond motifs is 1. The number of ether oxygens (including phenoxy) is 3. The molecule has 0 saturated heterocycles. The van der Waals surface area contributed by atoms with E-state index in [9.17, 15) is 9.90 Å². The summed E-state index contributed by atoms with van der Waals surface area (Å²) in [5.41, 5.74) is 7.05. The first-order chi connectivity index (χ1) is 16.3. The lowest BCUT2D eigenvalue weighted by molar-refractivity contribution is -0.106. The zero-order valence-electron chi connectivity index (χ0n) is 19.5. The molecule has 11 heteroatoms. The summed E-state index contributed by atoms with van der Waals surface area (Å²) in [6, 6.07) is 11.6. The lowest BCUT2D eigenvalue weighted by Crippen LogP contribution is -2.57. The predicted octanol–water partition coefficient (Wildman–Crippen LogP) is 1.49. The number of aliphatic hydroxyl groups excluding tert-OH is 1. The Morgan fingerprint density at radius 3 is 2.74 bits per heavy atom. The number of anilines is 2. The van der Waals surface area contributed by atoms with Gasteiger partial charge in [0.2, 0.25) is 0 Å². The summed E-state index contributed by atoms with van der Waals surface area (Å²) in [4.78, 5) is 15.9. The van der Waals surface area contributed by atoms with Crippen LogP contribution in [0.4, 0.5) is 11.4 Å². The number of aryl methyl sites for hydroxylation is 1. The van der Waals surface area contributed by atoms with Crippen molar-refractivity contribution < 1.29 is 24.1 Å². The van der Waals surface area contributed by atoms with Gasteiger partial charge >= 0.3 is 5.97 Å². The number of esters is 1. The molecule has 0 bridgehead atoms. The van der Waals surface area contributed by atoms with Crippen molar-refractivity contribution in [3.8, 4) is 5.75 Å². The Hall–Kier alpha value is -3.70. The third-order valence-corrected chi connectivity index (χ3v) is 5.87. The molecule has 3 atom stereocenters. The highest BCUT2D eigenvalue weighted by atomic mass is 16.6. The Morgan fingerprint density at radius 2 is 2.06 bits per heavy atom. The second kappa shape index (κ2) is 9.27. The molecule has 3 aromatic rings. The van der Waals surface area contributed by atoms with E-state index in [1.54, 1.807) is 63.5 Å². The first-order valence-electron chi connectivity index (χ1n) is 10.7. The summed E-state index contributed by atoms with van der Waals surface area (Å²) >= 11 is 0. The Bertz CT molecular complexity index is 1180. The molecule has 0 unspecified atom stereocenters. The lowest BCUT2D eigenvalue weighted by atomic mass is 9.84. The quantitative estimate of drug-likeness (QED) is 0.387. The van der Waals surface area contributed by atoms with E-state index in [0.29, 0.717) is 34.1 Å². The van der Waals surface area contributed by atoms with Gasteiger partial charge in [0.05, 0.1) is 44.6 Å². The molecule has 0 aliphatic carbocycles. The molecular weight excluding hydrogens is 440 g/mol. The molecule has 1 aliphatic heterocycles. The molecule has 1 aromatic heterocycles. The number of aliphatic hydroxyl groups is 1. The van der Waals surface area contributed by atoms with Crippen molar-refractivity contribution in [1.82, 2.24) is 20.2 Å². The molecule has 2 heterocycles. The van der Waals surface area contributed by atoms with E-state index in [-0.39, 0.29) is 13.2 Å². The third kappa shape index (κ3) is 4.27. The van der Waals surface area contributed by atoms with Gasteiger partial charge in [0.15, 0.2) is 11.4 Å². The van der Waals surface area contributed by atoms with Crippen LogP contribution in [0.5, 0.6) is 5.75 Å². The average molecular weight is 469 g/mol. The zero-order valence-corrected chi connectivity index (χ0v) is 19.5. The van der Waals surface area contributed by atoms with E-state index in [1.807, 2.05) is 4.90 Å². The number of hydrogen-bond donors (Lipinski definition) is 2. The predicted molar refractivity (Wildman–Crippen MR) is 123 cm³/mol. The lowest BCUT2D eigenvalue weighted by Gasteiger charge is -2.48. The van der Waals surface area contributed by atoms with Crippen LogP contribution < -0.4 is 15.4 Å². The fourth-order valence-corrected chi connectivity index (χ4v) is 4.33. The van der Waals surface area contributed by atoms with Gasteiger partial charge in [-0.3, -0.25) is 0 Å². The van der Waals surface area contributed by atoms with Crippen molar-refractivity contribution in [2.24, 2.45) is 7.05 Å². The van der Waals surface area contributed by atoms with Crippen LogP contribution in [0, 0.1) is 0 Å². The van der Waals surface area contributed by atoms with E-state index >= 15 is 0 Å². The van der Waals surface area contributed by atoms with Crippen LogP contribution in [0.25, 0.3) is 0 Å². The Labute approximate surface area is 197 Å². The zero-order chi connectivity index (χ0) is 24.5. The van der Waals surface area contributed by atoms with Gasteiger partial charge in [-0.2, -0.15) is 4.80 Å². The van der Waals surface area contributed by atoms with Crippen LogP contribution in [0.2, 0.25) is 0 Å². The first-order valence-corrected chi connectivity index (χ1v) is 10.7. The minimum Gasteiger partial charge on any atom is -0.482 e. The molecule has 3 N–H and O–H groups in total. The number of rotatable bonds is 7. The summed E-state index contributed by atoms with van der Waals surface area (Å²) in [6.45, 7) is 2.05. The average Bonchev–Trinajstić information content (AvgIpc) is 3.23. The number of benzene rings is 2. The van der Waals surface area contributed by atoms with E-state index in [1.165, 1.54) is 11.9 Å². The molecule has 0 saturated carbocycles. The number of carbonyl (C=O) groups excluding carboxylic acids is 1. The van der Waals surface area contributed by atoms with Crippen molar-refractivity contribution in [1.29, 1.82) is 0 Å². The second-order valence-electron chi connectivity index (χ2n) is 8.37. The number of nitrogen functional groups attached to an aromatic ring is 1. The molecule has 0 spiro atoms. The smallest absolute Gasteiger partial charge is 0.339 e. The number of carbonyl (C=O) groups is 1. The fourth-order valence-electron chi connectivity index (χ4n) is 4.33. The molecule has 0 amide bonds. The third-order valence-electron chi connectivity index (χ3n) is 5.87. The maximum absolute atomic E-state index is 12.7. The van der Waals surface area contributed by atoms with Gasteiger partial charge in [0, 0.05) is 18.4 Å². The normalized spacial score (nSPS) is 21.4. The highest BCUT2D eigenvalue weighted by Gasteiger charge is 2.49. The van der Waals surface area contributed by atoms with Gasteiger partial charge in [0.1, 0.15) is 11.9 Å². The van der Waals surface area contributed by atoms with E-state index < -0.39 is 23.7 Å². The number of tetrazole rings is 1. The topological polar surface area (TPSA) is 138 Å². The summed E-state index contributed by atoms with van der Waals surface area (Å²) in [7, 11) is 4.53. The first kappa shape index (κ1) is 23.5. The van der Waals surface area contributed by atoms with Crippen LogP contribution in [-0.4, -0.2) is 63.8 Å². The van der Waals surface area contributed by atoms with Gasteiger partial charge < -0.3 is 30.0 Å². The van der Waals surface area contributed by atoms with Gasteiger partial charge in [-0.25, -0.2) is 4.79 Å². The molecule has 180 valence electrons. The number of hydrogen-bond acceptors (Lipinski definition) is 10. The van der Waals surface area contributed by atoms with E-state index in [4.69, 9.17) is 19.9 Å². The molecule has 4 rings (SSSR count). The van der Waals surface area contributed by atoms with Crippen molar-refractivity contribution in [3.05, 3.63) is 59.4 Å². The van der Waals surface area contributed by atoms with Gasteiger partial charge in [-0.1, -0.05) is 12.1 Å². The van der Waals surface area contributed by atoms with E-state index in [0.717, 1.165) is 0 Å². The highest BCUT2D eigenvalue weighted by Crippen LogP contribution is 2.46. The van der Waals surface area contributed by atoms with Gasteiger partial charge in [-0.15, -0.1) is 10.2 Å². The minimum atomic E-state index is -1.09. The summed E-state index contributed by atoms with van der Waals surface area (Å²) in [5.74, 6) is 0.443. The van der Waals surface area contributed by atoms with Crippen LogP contribution in [0.1, 0.15) is 34.7 Å². The van der Waals surface area contributed by atoms with Crippen molar-refractivity contribution in [2.45, 2.75) is 31.2 Å². The molecular formula is C23H28N6O5.